The predicted octanol–water partition coefficient (Wildman–Crippen LogP) is 2.73. The monoisotopic (exact) mass is 359 g/mol. The molecule has 0 aromatic carbocycles. The van der Waals surface area contributed by atoms with Gasteiger partial charge in [0.2, 0.25) is 0 Å². The van der Waals surface area contributed by atoms with Crippen LogP contribution in [0, 0.1) is 12.8 Å². The zero-order valence-electron chi connectivity index (χ0n) is 13.0. The molecule has 126 valence electrons. The number of rotatable bonds is 6. The maximum absolute atomic E-state index is 12.1. The molecule has 0 unspecified atom stereocenters. The van der Waals surface area contributed by atoms with Crippen LogP contribution >= 0.6 is 23.7 Å². The number of halogens is 1. The van der Waals surface area contributed by atoms with E-state index in [1.54, 1.807) is 6.92 Å². The number of aromatic nitrogens is 2. The lowest BCUT2D eigenvalue weighted by atomic mass is 10.2. The number of hydrogen-bond acceptors (Lipinski definition) is 7. The van der Waals surface area contributed by atoms with Gasteiger partial charge in [-0.3, -0.25) is 4.79 Å². The number of nitrogens with one attached hydrogen (secondary N) is 1. The Morgan fingerprint density at radius 2 is 2.09 bits per heavy atom. The van der Waals surface area contributed by atoms with Crippen molar-refractivity contribution in [1.29, 1.82) is 0 Å². The average molecular weight is 360 g/mol. The Hall–Kier alpha value is -1.93. The summed E-state index contributed by atoms with van der Waals surface area (Å²) in [7, 11) is 0. The minimum absolute atomic E-state index is 0. The fourth-order valence-electron chi connectivity index (χ4n) is 1.87. The van der Waals surface area contributed by atoms with E-state index in [9.17, 15) is 9.59 Å². The number of carboxylic acids is 1. The quantitative estimate of drug-likeness (QED) is 0.764. The highest BCUT2D eigenvalue weighted by atomic mass is 35.5. The summed E-state index contributed by atoms with van der Waals surface area (Å²) in [5, 5.41) is 12.1. The molecule has 0 atom stereocenters. The number of thiophene rings is 1. The number of aliphatic carboxylic acids is 1. The molecule has 0 radical (unpaired) electrons. The van der Waals surface area contributed by atoms with Gasteiger partial charge in [-0.1, -0.05) is 13.8 Å². The van der Waals surface area contributed by atoms with Gasteiger partial charge in [0.15, 0.2) is 0 Å². The molecule has 0 amide bonds. The van der Waals surface area contributed by atoms with Crippen LogP contribution in [0.5, 0.6) is 0 Å². The van der Waals surface area contributed by atoms with Crippen LogP contribution in [0.25, 0.3) is 10.2 Å². The van der Waals surface area contributed by atoms with Crippen molar-refractivity contribution < 1.29 is 19.4 Å². The highest BCUT2D eigenvalue weighted by Crippen LogP contribution is 2.33. The molecule has 0 saturated carbocycles. The van der Waals surface area contributed by atoms with Gasteiger partial charge in [0.25, 0.3) is 0 Å². The summed E-state index contributed by atoms with van der Waals surface area (Å²) >= 11 is 1.22. The second-order valence-electron chi connectivity index (χ2n) is 5.20. The topological polar surface area (TPSA) is 101 Å². The van der Waals surface area contributed by atoms with Crippen LogP contribution in [0.3, 0.4) is 0 Å². The minimum Gasteiger partial charge on any atom is -0.480 e. The lowest BCUT2D eigenvalue weighted by molar-refractivity contribution is -0.134. The number of ether oxygens (including phenoxy) is 1. The summed E-state index contributed by atoms with van der Waals surface area (Å²) in [6, 6.07) is 0. The van der Waals surface area contributed by atoms with E-state index in [1.165, 1.54) is 17.7 Å². The summed E-state index contributed by atoms with van der Waals surface area (Å²) in [5.41, 5.74) is 0.697. The van der Waals surface area contributed by atoms with Crippen molar-refractivity contribution in [2.45, 2.75) is 20.8 Å². The smallest absolute Gasteiger partial charge is 0.348 e. The van der Waals surface area contributed by atoms with Gasteiger partial charge in [-0.25, -0.2) is 14.8 Å². The van der Waals surface area contributed by atoms with E-state index in [4.69, 9.17) is 9.84 Å². The number of esters is 1. The summed E-state index contributed by atoms with van der Waals surface area (Å²) in [6.45, 7) is 5.80. The number of carbonyl (C=O) groups is 2. The maximum Gasteiger partial charge on any atom is 0.348 e. The third-order valence-corrected chi connectivity index (χ3v) is 4.05. The van der Waals surface area contributed by atoms with Gasteiger partial charge >= 0.3 is 11.9 Å². The van der Waals surface area contributed by atoms with Crippen molar-refractivity contribution in [2.75, 3.05) is 18.5 Å². The van der Waals surface area contributed by atoms with Gasteiger partial charge < -0.3 is 15.2 Å². The molecule has 0 aliphatic rings. The highest BCUT2D eigenvalue weighted by molar-refractivity contribution is 7.20. The van der Waals surface area contributed by atoms with E-state index in [0.717, 1.165) is 0 Å². The molecule has 0 saturated heterocycles. The van der Waals surface area contributed by atoms with Gasteiger partial charge in [0.05, 0.1) is 12.0 Å². The van der Waals surface area contributed by atoms with Crippen molar-refractivity contribution in [3.8, 4) is 0 Å². The number of carbonyl (C=O) groups excluding carboxylic acids is 1. The zero-order chi connectivity index (χ0) is 16.3. The van der Waals surface area contributed by atoms with Gasteiger partial charge in [0, 0.05) is 0 Å². The SMILES string of the molecule is Cc1c(C(=O)OCC(C)C)sc2ncnc(NCC(=O)O)c12.Cl. The average Bonchev–Trinajstić information content (AvgIpc) is 2.80. The molecule has 2 heterocycles. The van der Waals surface area contributed by atoms with Gasteiger partial charge in [-0.2, -0.15) is 0 Å². The zero-order valence-corrected chi connectivity index (χ0v) is 14.6. The predicted molar refractivity (Wildman–Crippen MR) is 90.6 cm³/mol. The van der Waals surface area contributed by atoms with Crippen LogP contribution in [0.15, 0.2) is 6.33 Å². The first-order chi connectivity index (χ1) is 10.4. The van der Waals surface area contributed by atoms with Crippen LogP contribution in [-0.2, 0) is 9.53 Å². The first kappa shape index (κ1) is 19.1. The normalized spacial score (nSPS) is 10.4. The van der Waals surface area contributed by atoms with E-state index >= 15 is 0 Å². The molecule has 7 nitrogen and oxygen atoms in total. The molecule has 2 rings (SSSR count). The number of aryl methyl sites for hydroxylation is 1. The molecule has 9 heteroatoms. The molecule has 0 aliphatic heterocycles. The van der Waals surface area contributed by atoms with Crippen molar-refractivity contribution in [3.63, 3.8) is 0 Å². The number of fused-ring (bicyclic) bond motifs is 1. The molecule has 0 aliphatic carbocycles. The van der Waals surface area contributed by atoms with E-state index < -0.39 is 11.9 Å². The molecule has 23 heavy (non-hydrogen) atoms. The second-order valence-corrected chi connectivity index (χ2v) is 6.20. The fourth-order valence-corrected chi connectivity index (χ4v) is 2.91. The molecular weight excluding hydrogens is 342 g/mol. The number of anilines is 1. The summed E-state index contributed by atoms with van der Waals surface area (Å²) < 4.78 is 5.25. The lowest BCUT2D eigenvalue weighted by Crippen LogP contribution is -2.13. The first-order valence-corrected chi connectivity index (χ1v) is 7.58. The van der Waals surface area contributed by atoms with Crippen LogP contribution in [0.2, 0.25) is 0 Å². The largest absolute Gasteiger partial charge is 0.480 e. The molecule has 0 bridgehead atoms. The third kappa shape index (κ3) is 4.52. The Labute approximate surface area is 143 Å². The molecule has 2 N–H and O–H groups in total. The Morgan fingerprint density at radius 1 is 1.39 bits per heavy atom. The summed E-state index contributed by atoms with van der Waals surface area (Å²) in [4.78, 5) is 32.1. The van der Waals surface area contributed by atoms with Gasteiger partial charge in [-0.05, 0) is 18.4 Å². The van der Waals surface area contributed by atoms with Gasteiger partial charge in [0.1, 0.15) is 28.4 Å². The van der Waals surface area contributed by atoms with Crippen molar-refractivity contribution >= 4 is 51.7 Å². The number of hydrogen-bond donors (Lipinski definition) is 2. The van der Waals surface area contributed by atoms with E-state index in [-0.39, 0.29) is 24.9 Å². The highest BCUT2D eigenvalue weighted by Gasteiger charge is 2.20. The van der Waals surface area contributed by atoms with Gasteiger partial charge in [-0.15, -0.1) is 23.7 Å². The van der Waals surface area contributed by atoms with E-state index in [0.29, 0.717) is 33.1 Å². The standard InChI is InChI=1S/C14H17N3O4S.ClH/c1-7(2)5-21-14(20)11-8(3)10-12(15-4-9(18)19)16-6-17-13(10)22-11;/h6-7H,4-5H2,1-3H3,(H,18,19)(H,15,16,17);1H. The van der Waals surface area contributed by atoms with Crippen LogP contribution < -0.4 is 5.32 Å². The Morgan fingerprint density at radius 3 is 2.70 bits per heavy atom. The molecule has 0 fully saturated rings. The van der Waals surface area contributed by atoms with Crippen LogP contribution in [0.1, 0.15) is 29.1 Å². The second kappa shape index (κ2) is 8.07. The van der Waals surface area contributed by atoms with Crippen molar-refractivity contribution in [1.82, 2.24) is 9.97 Å². The van der Waals surface area contributed by atoms with E-state index in [2.05, 4.69) is 15.3 Å². The molecule has 0 spiro atoms. The molecule has 2 aromatic rings. The van der Waals surface area contributed by atoms with E-state index in [1.807, 2.05) is 13.8 Å². The Kier molecular flexibility index (Phi) is 6.71. The third-order valence-electron chi connectivity index (χ3n) is 2.87. The summed E-state index contributed by atoms with van der Waals surface area (Å²) in [5.74, 6) is -0.718. The Balaban J connectivity index is 0.00000264. The maximum atomic E-state index is 12.1. The number of carboxylic acid groups (broad SMARTS) is 1. The fraction of sp³-hybridized carbons (Fsp3) is 0.429. The van der Waals surface area contributed by atoms with Crippen LogP contribution in [-0.4, -0.2) is 40.2 Å². The molecular formula is C14H18ClN3O4S. The Bertz CT molecular complexity index is 717. The van der Waals surface area contributed by atoms with Crippen LogP contribution in [0.4, 0.5) is 5.82 Å². The summed E-state index contributed by atoms with van der Waals surface area (Å²) in [6.07, 6.45) is 1.34. The lowest BCUT2D eigenvalue weighted by Gasteiger charge is -2.06. The van der Waals surface area contributed by atoms with Crippen molar-refractivity contribution in [2.24, 2.45) is 5.92 Å². The first-order valence-electron chi connectivity index (χ1n) is 6.77. The minimum atomic E-state index is -0.990. The van der Waals surface area contributed by atoms with Crippen molar-refractivity contribution in [3.05, 3.63) is 16.8 Å². The molecule has 2 aromatic heterocycles. The number of nitrogens with zero attached hydrogens (tertiary/aromatic N) is 2.